The van der Waals surface area contributed by atoms with Crippen molar-refractivity contribution in [2.75, 3.05) is 30.0 Å². The highest BCUT2D eigenvalue weighted by Gasteiger charge is 2.21. The summed E-state index contributed by atoms with van der Waals surface area (Å²) in [5.74, 6) is -0.494. The quantitative estimate of drug-likeness (QED) is 0.400. The number of aromatic nitrogens is 2. The highest BCUT2D eigenvalue weighted by atomic mass is 32.2. The number of methoxy groups -OCH3 is 1. The zero-order valence-electron chi connectivity index (χ0n) is 14.0. The number of rotatable bonds is 8. The molecule has 1 amide bonds. The fraction of sp³-hybridized carbons (Fsp3) is 0.333. The van der Waals surface area contributed by atoms with Gasteiger partial charge in [0.1, 0.15) is 5.00 Å². The van der Waals surface area contributed by atoms with Gasteiger partial charge in [0.2, 0.25) is 11.0 Å². The normalized spacial score (nSPS) is 10.4. The molecule has 0 fully saturated rings. The summed E-state index contributed by atoms with van der Waals surface area (Å²) in [6.07, 6.45) is 1.73. The van der Waals surface area contributed by atoms with Gasteiger partial charge in [0.05, 0.1) is 18.4 Å². The molecule has 25 heavy (non-hydrogen) atoms. The van der Waals surface area contributed by atoms with Crippen molar-refractivity contribution in [1.82, 2.24) is 10.2 Å². The van der Waals surface area contributed by atoms with Crippen molar-refractivity contribution >= 4 is 56.4 Å². The van der Waals surface area contributed by atoms with Gasteiger partial charge in [0.15, 0.2) is 4.34 Å². The molecule has 2 aromatic rings. The molecule has 0 spiro atoms. The third kappa shape index (κ3) is 5.03. The molecule has 0 unspecified atom stereocenters. The van der Waals surface area contributed by atoms with Crippen molar-refractivity contribution in [3.8, 4) is 0 Å². The molecule has 0 aliphatic rings. The first kappa shape index (κ1) is 19.4. The lowest BCUT2D eigenvalue weighted by atomic mass is 10.1. The van der Waals surface area contributed by atoms with Gasteiger partial charge in [-0.15, -0.1) is 28.1 Å². The summed E-state index contributed by atoms with van der Waals surface area (Å²) in [5, 5.41) is 15.0. The second kappa shape index (κ2) is 8.97. The molecule has 0 aliphatic carbocycles. The Hall–Kier alpha value is -1.91. The van der Waals surface area contributed by atoms with E-state index < -0.39 is 5.97 Å². The Morgan fingerprint density at radius 2 is 2.08 bits per heavy atom. The van der Waals surface area contributed by atoms with Gasteiger partial charge in [-0.25, -0.2) is 4.79 Å². The van der Waals surface area contributed by atoms with E-state index in [0.29, 0.717) is 26.6 Å². The highest BCUT2D eigenvalue weighted by Crippen LogP contribution is 2.33. The first-order valence-corrected chi connectivity index (χ1v) is 9.87. The fourth-order valence-corrected chi connectivity index (χ4v) is 4.48. The molecule has 2 heterocycles. The molecule has 134 valence electrons. The van der Waals surface area contributed by atoms with Gasteiger partial charge >= 0.3 is 5.97 Å². The molecule has 0 saturated carbocycles. The Morgan fingerprint density at radius 3 is 2.76 bits per heavy atom. The summed E-state index contributed by atoms with van der Waals surface area (Å²) in [4.78, 5) is 25.1. The van der Waals surface area contributed by atoms with E-state index in [9.17, 15) is 9.59 Å². The molecule has 0 radical (unpaired) electrons. The number of anilines is 2. The molecule has 0 aromatic carbocycles. The number of thiophene rings is 1. The standard InChI is InChI=1S/C15H18N4O3S3/c1-5-6-16-14-18-19-15(25-14)23-7-10(20)17-12-11(13(21)22-4)8(2)9(3)24-12/h5H,1,6-7H2,2-4H3,(H,16,18)(H,17,20). The molecule has 2 aromatic heterocycles. The van der Waals surface area contributed by atoms with Crippen molar-refractivity contribution in [1.29, 1.82) is 0 Å². The number of carbonyl (C=O) groups is 2. The van der Waals surface area contributed by atoms with E-state index in [1.54, 1.807) is 6.08 Å². The lowest BCUT2D eigenvalue weighted by Crippen LogP contribution is -2.16. The number of nitrogens with zero attached hydrogens (tertiary/aromatic N) is 2. The van der Waals surface area contributed by atoms with Crippen LogP contribution >= 0.6 is 34.4 Å². The predicted molar refractivity (Wildman–Crippen MR) is 103 cm³/mol. The van der Waals surface area contributed by atoms with Crippen LogP contribution in [0.25, 0.3) is 0 Å². The molecule has 0 bridgehead atoms. The minimum atomic E-state index is -0.452. The molecule has 10 heteroatoms. The number of carbonyl (C=O) groups excluding carboxylic acids is 2. The largest absolute Gasteiger partial charge is 0.465 e. The Labute approximate surface area is 157 Å². The van der Waals surface area contributed by atoms with Crippen LogP contribution in [0.4, 0.5) is 10.1 Å². The topological polar surface area (TPSA) is 93.2 Å². The fourth-order valence-electron chi connectivity index (χ4n) is 1.85. The van der Waals surface area contributed by atoms with Crippen LogP contribution in [0.3, 0.4) is 0 Å². The van der Waals surface area contributed by atoms with Gasteiger partial charge in [-0.05, 0) is 19.4 Å². The minimum Gasteiger partial charge on any atom is -0.465 e. The number of esters is 1. The molecular weight excluding hydrogens is 380 g/mol. The zero-order chi connectivity index (χ0) is 18.4. The van der Waals surface area contributed by atoms with E-state index in [4.69, 9.17) is 4.74 Å². The Kier molecular flexibility index (Phi) is 6.97. The van der Waals surface area contributed by atoms with E-state index >= 15 is 0 Å². The molecular formula is C15H18N4O3S3. The van der Waals surface area contributed by atoms with E-state index in [1.165, 1.54) is 41.5 Å². The van der Waals surface area contributed by atoms with Crippen molar-refractivity contribution < 1.29 is 14.3 Å². The molecule has 7 nitrogen and oxygen atoms in total. The first-order valence-electron chi connectivity index (χ1n) is 7.25. The molecule has 0 saturated heterocycles. The molecule has 0 aliphatic heterocycles. The number of hydrogen-bond donors (Lipinski definition) is 2. The third-order valence-electron chi connectivity index (χ3n) is 3.16. The zero-order valence-corrected chi connectivity index (χ0v) is 16.5. The van der Waals surface area contributed by atoms with Crippen molar-refractivity contribution in [2.45, 2.75) is 18.2 Å². The molecule has 2 rings (SSSR count). The minimum absolute atomic E-state index is 0.173. The van der Waals surface area contributed by atoms with Gasteiger partial charge < -0.3 is 15.4 Å². The van der Waals surface area contributed by atoms with E-state index in [-0.39, 0.29) is 11.7 Å². The SMILES string of the molecule is C=CCNc1nnc(SCC(=O)Nc2sc(C)c(C)c2C(=O)OC)s1. The van der Waals surface area contributed by atoms with Gasteiger partial charge in [0, 0.05) is 11.4 Å². The molecule has 0 atom stereocenters. The maximum absolute atomic E-state index is 12.2. The van der Waals surface area contributed by atoms with Crippen LogP contribution in [0.5, 0.6) is 0 Å². The van der Waals surface area contributed by atoms with E-state index in [0.717, 1.165) is 10.4 Å². The first-order chi connectivity index (χ1) is 12.0. The number of thioether (sulfide) groups is 1. The summed E-state index contributed by atoms with van der Waals surface area (Å²) in [5.41, 5.74) is 1.23. The smallest absolute Gasteiger partial charge is 0.341 e. The average molecular weight is 399 g/mol. The molecule has 2 N–H and O–H groups in total. The number of nitrogens with one attached hydrogen (secondary N) is 2. The Balaban J connectivity index is 1.96. The van der Waals surface area contributed by atoms with Crippen LogP contribution in [0.15, 0.2) is 17.0 Å². The Bertz CT molecular complexity index is 785. The van der Waals surface area contributed by atoms with Crippen molar-refractivity contribution in [3.05, 3.63) is 28.7 Å². The van der Waals surface area contributed by atoms with Crippen LogP contribution in [0.2, 0.25) is 0 Å². The Morgan fingerprint density at radius 1 is 1.32 bits per heavy atom. The van der Waals surface area contributed by atoms with Crippen LogP contribution in [-0.4, -0.2) is 41.5 Å². The number of hydrogen-bond acceptors (Lipinski definition) is 9. The van der Waals surface area contributed by atoms with E-state index in [2.05, 4.69) is 27.4 Å². The van der Waals surface area contributed by atoms with Gasteiger partial charge in [-0.2, -0.15) is 0 Å². The summed E-state index contributed by atoms with van der Waals surface area (Å²) in [6.45, 7) is 7.96. The summed E-state index contributed by atoms with van der Waals surface area (Å²) < 4.78 is 5.49. The predicted octanol–water partition coefficient (Wildman–Crippen LogP) is 3.33. The highest BCUT2D eigenvalue weighted by molar-refractivity contribution is 8.01. The van der Waals surface area contributed by atoms with Gasteiger partial charge in [-0.3, -0.25) is 4.79 Å². The van der Waals surface area contributed by atoms with Crippen LogP contribution < -0.4 is 10.6 Å². The summed E-state index contributed by atoms with van der Waals surface area (Å²) in [6, 6.07) is 0. The monoisotopic (exact) mass is 398 g/mol. The summed E-state index contributed by atoms with van der Waals surface area (Å²) >= 11 is 4.02. The van der Waals surface area contributed by atoms with E-state index in [1.807, 2.05) is 13.8 Å². The maximum atomic E-state index is 12.2. The second-order valence-corrected chi connectivity index (χ2v) is 8.28. The number of ether oxygens (including phenoxy) is 1. The van der Waals surface area contributed by atoms with Gasteiger partial charge in [0.25, 0.3) is 0 Å². The second-order valence-electron chi connectivity index (χ2n) is 4.86. The van der Waals surface area contributed by atoms with Crippen LogP contribution in [0.1, 0.15) is 20.8 Å². The van der Waals surface area contributed by atoms with Crippen LogP contribution in [0, 0.1) is 13.8 Å². The van der Waals surface area contributed by atoms with Crippen molar-refractivity contribution in [3.63, 3.8) is 0 Å². The lowest BCUT2D eigenvalue weighted by molar-refractivity contribution is -0.113. The summed E-state index contributed by atoms with van der Waals surface area (Å²) in [7, 11) is 1.32. The average Bonchev–Trinajstić information content (AvgIpc) is 3.15. The number of amides is 1. The number of aryl methyl sites for hydroxylation is 1. The van der Waals surface area contributed by atoms with Crippen molar-refractivity contribution in [2.24, 2.45) is 0 Å². The maximum Gasteiger partial charge on any atom is 0.341 e. The lowest BCUT2D eigenvalue weighted by Gasteiger charge is -2.05. The van der Waals surface area contributed by atoms with Crippen LogP contribution in [-0.2, 0) is 9.53 Å². The van der Waals surface area contributed by atoms with Gasteiger partial charge in [-0.1, -0.05) is 29.2 Å². The third-order valence-corrected chi connectivity index (χ3v) is 6.30.